The van der Waals surface area contributed by atoms with Crippen molar-refractivity contribution in [1.82, 2.24) is 10.2 Å². The second kappa shape index (κ2) is 5.26. The van der Waals surface area contributed by atoms with Gasteiger partial charge in [0.2, 0.25) is 5.91 Å². The highest BCUT2D eigenvalue weighted by molar-refractivity contribution is 5.87. The molecule has 1 fully saturated rings. The number of nitrogens with one attached hydrogen (secondary N) is 1. The zero-order valence-electron chi connectivity index (χ0n) is 11.7. The molecule has 0 aromatic rings. The molecule has 0 aliphatic carbocycles. The molecule has 1 atom stereocenters. The lowest BCUT2D eigenvalue weighted by Gasteiger charge is -2.40. The predicted molar refractivity (Wildman–Crippen MR) is 69.3 cm³/mol. The van der Waals surface area contributed by atoms with E-state index in [2.05, 4.69) is 5.32 Å². The molecule has 1 heterocycles. The fourth-order valence-corrected chi connectivity index (χ4v) is 2.41. The number of carboxylic acid groups (broad SMARTS) is 1. The van der Waals surface area contributed by atoms with E-state index in [1.165, 1.54) is 4.90 Å². The van der Waals surface area contributed by atoms with E-state index >= 15 is 0 Å². The molecule has 104 valence electrons. The lowest BCUT2D eigenvalue weighted by molar-refractivity contribution is -0.154. The van der Waals surface area contributed by atoms with Gasteiger partial charge in [0.1, 0.15) is 6.54 Å². The summed E-state index contributed by atoms with van der Waals surface area (Å²) in [7, 11) is 0. The van der Waals surface area contributed by atoms with Gasteiger partial charge in [0.05, 0.1) is 5.41 Å². The van der Waals surface area contributed by atoms with Crippen molar-refractivity contribution in [3.8, 4) is 0 Å². The molecule has 18 heavy (non-hydrogen) atoms. The van der Waals surface area contributed by atoms with E-state index in [0.717, 1.165) is 19.4 Å². The van der Waals surface area contributed by atoms with Crippen LogP contribution in [0.25, 0.3) is 0 Å². The van der Waals surface area contributed by atoms with Gasteiger partial charge in [0.25, 0.3) is 0 Å². The topological polar surface area (TPSA) is 69.6 Å². The van der Waals surface area contributed by atoms with E-state index in [-0.39, 0.29) is 12.5 Å². The monoisotopic (exact) mass is 256 g/mol. The molecule has 1 aliphatic rings. The molecular weight excluding hydrogens is 232 g/mol. The minimum absolute atomic E-state index is 0.0371. The number of carboxylic acids is 1. The first-order valence-electron chi connectivity index (χ1n) is 6.47. The smallest absolute Gasteiger partial charge is 0.323 e. The molecule has 0 saturated carbocycles. The van der Waals surface area contributed by atoms with Gasteiger partial charge in [-0.25, -0.2) is 0 Å². The number of carbonyl (C=O) groups is 2. The van der Waals surface area contributed by atoms with E-state index in [1.807, 2.05) is 27.7 Å². The summed E-state index contributed by atoms with van der Waals surface area (Å²) in [4.78, 5) is 25.2. The van der Waals surface area contributed by atoms with Gasteiger partial charge in [-0.1, -0.05) is 6.92 Å². The molecule has 0 bridgehead atoms. The zero-order chi connectivity index (χ0) is 14.0. The number of rotatable bonds is 4. The third kappa shape index (κ3) is 3.02. The zero-order valence-corrected chi connectivity index (χ0v) is 11.7. The van der Waals surface area contributed by atoms with Crippen LogP contribution < -0.4 is 5.32 Å². The maximum Gasteiger partial charge on any atom is 0.323 e. The van der Waals surface area contributed by atoms with Crippen molar-refractivity contribution in [3.63, 3.8) is 0 Å². The van der Waals surface area contributed by atoms with Crippen LogP contribution in [0.2, 0.25) is 0 Å². The summed E-state index contributed by atoms with van der Waals surface area (Å²) in [5.74, 6) is -1.000. The Balaban J connectivity index is 2.98. The summed E-state index contributed by atoms with van der Waals surface area (Å²) in [6.07, 6.45) is 1.53. The molecule has 1 aliphatic heterocycles. The Morgan fingerprint density at radius 1 is 1.39 bits per heavy atom. The molecule has 1 saturated heterocycles. The first kappa shape index (κ1) is 15.0. The highest BCUT2D eigenvalue weighted by atomic mass is 16.4. The maximum absolute atomic E-state index is 12.7. The Kier molecular flexibility index (Phi) is 4.37. The van der Waals surface area contributed by atoms with E-state index in [0.29, 0.717) is 6.54 Å². The van der Waals surface area contributed by atoms with Crippen molar-refractivity contribution < 1.29 is 14.7 Å². The molecule has 5 heteroatoms. The van der Waals surface area contributed by atoms with Crippen LogP contribution in [-0.2, 0) is 9.59 Å². The molecular formula is C13H24N2O3. The van der Waals surface area contributed by atoms with Crippen LogP contribution in [0.1, 0.15) is 40.5 Å². The van der Waals surface area contributed by atoms with E-state index in [1.54, 1.807) is 0 Å². The van der Waals surface area contributed by atoms with E-state index in [9.17, 15) is 9.59 Å². The number of aliphatic carboxylic acids is 1. The van der Waals surface area contributed by atoms with E-state index < -0.39 is 16.9 Å². The molecule has 0 spiro atoms. The molecule has 0 radical (unpaired) electrons. The summed E-state index contributed by atoms with van der Waals surface area (Å²) in [6.45, 7) is 8.86. The standard InChI is InChI=1S/C13H24N2O3/c1-5-13(6-7-14-9-13)11(18)15(8-10(16)17)12(2,3)4/h14H,5-9H2,1-4H3,(H,16,17). The average molecular weight is 256 g/mol. The highest BCUT2D eigenvalue weighted by Crippen LogP contribution is 2.33. The van der Waals surface area contributed by atoms with Crippen LogP contribution >= 0.6 is 0 Å². The predicted octanol–water partition coefficient (Wildman–Crippen LogP) is 1.09. The van der Waals surface area contributed by atoms with Crippen molar-refractivity contribution in [2.24, 2.45) is 5.41 Å². The van der Waals surface area contributed by atoms with Gasteiger partial charge in [-0.2, -0.15) is 0 Å². The van der Waals surface area contributed by atoms with Gasteiger partial charge in [0.15, 0.2) is 0 Å². The van der Waals surface area contributed by atoms with Gasteiger partial charge in [-0.3, -0.25) is 9.59 Å². The van der Waals surface area contributed by atoms with Gasteiger partial charge >= 0.3 is 5.97 Å². The van der Waals surface area contributed by atoms with Gasteiger partial charge in [-0.05, 0) is 40.2 Å². The minimum Gasteiger partial charge on any atom is -0.480 e. The second-order valence-corrected chi connectivity index (χ2v) is 6.02. The third-order valence-electron chi connectivity index (χ3n) is 3.72. The summed E-state index contributed by atoms with van der Waals surface area (Å²) in [5.41, 5.74) is -0.900. The number of hydrogen-bond donors (Lipinski definition) is 2. The largest absolute Gasteiger partial charge is 0.480 e. The van der Waals surface area contributed by atoms with Gasteiger partial charge in [-0.15, -0.1) is 0 Å². The molecule has 1 unspecified atom stereocenters. The summed E-state index contributed by atoms with van der Waals surface area (Å²) >= 11 is 0. The fraction of sp³-hybridized carbons (Fsp3) is 0.846. The molecule has 0 aromatic carbocycles. The van der Waals surface area contributed by atoms with Crippen LogP contribution in [0.5, 0.6) is 0 Å². The Labute approximate surface area is 109 Å². The number of carbonyl (C=O) groups excluding carboxylic acids is 1. The van der Waals surface area contributed by atoms with Gasteiger partial charge in [0, 0.05) is 12.1 Å². The van der Waals surface area contributed by atoms with Crippen LogP contribution in [0.4, 0.5) is 0 Å². The van der Waals surface area contributed by atoms with Crippen LogP contribution in [0.15, 0.2) is 0 Å². The van der Waals surface area contributed by atoms with Crippen LogP contribution in [-0.4, -0.2) is 47.1 Å². The summed E-state index contributed by atoms with van der Waals surface area (Å²) in [5, 5.41) is 12.2. The highest BCUT2D eigenvalue weighted by Gasteiger charge is 2.45. The SMILES string of the molecule is CCC1(C(=O)N(CC(=O)O)C(C)(C)C)CCNC1. The van der Waals surface area contributed by atoms with Gasteiger partial charge < -0.3 is 15.3 Å². The number of nitrogens with zero attached hydrogens (tertiary/aromatic N) is 1. The van der Waals surface area contributed by atoms with E-state index in [4.69, 9.17) is 5.11 Å². The molecule has 5 nitrogen and oxygen atoms in total. The van der Waals surface area contributed by atoms with Crippen LogP contribution in [0.3, 0.4) is 0 Å². The summed E-state index contributed by atoms with van der Waals surface area (Å²) < 4.78 is 0. The quantitative estimate of drug-likeness (QED) is 0.790. The van der Waals surface area contributed by atoms with Crippen molar-refractivity contribution in [2.45, 2.75) is 46.1 Å². The molecule has 0 aromatic heterocycles. The lowest BCUT2D eigenvalue weighted by atomic mass is 9.81. The number of amides is 1. The minimum atomic E-state index is -0.963. The van der Waals surface area contributed by atoms with Crippen LogP contribution in [0, 0.1) is 5.41 Å². The average Bonchev–Trinajstić information content (AvgIpc) is 2.73. The Bertz CT molecular complexity index is 328. The van der Waals surface area contributed by atoms with Crippen molar-refractivity contribution in [1.29, 1.82) is 0 Å². The first-order valence-corrected chi connectivity index (χ1v) is 6.47. The molecule has 2 N–H and O–H groups in total. The fourth-order valence-electron chi connectivity index (χ4n) is 2.41. The molecule has 1 rings (SSSR count). The van der Waals surface area contributed by atoms with Crippen molar-refractivity contribution in [2.75, 3.05) is 19.6 Å². The number of hydrogen-bond acceptors (Lipinski definition) is 3. The molecule has 1 amide bonds. The Morgan fingerprint density at radius 3 is 2.33 bits per heavy atom. The normalized spacial score (nSPS) is 24.0. The Hall–Kier alpha value is -1.10. The van der Waals surface area contributed by atoms with Crippen molar-refractivity contribution in [3.05, 3.63) is 0 Å². The maximum atomic E-state index is 12.7. The lowest BCUT2D eigenvalue weighted by Crippen LogP contribution is -2.54. The Morgan fingerprint density at radius 2 is 2.00 bits per heavy atom. The van der Waals surface area contributed by atoms with Crippen molar-refractivity contribution >= 4 is 11.9 Å². The first-order chi connectivity index (χ1) is 8.23. The third-order valence-corrected chi connectivity index (χ3v) is 3.72. The summed E-state index contributed by atoms with van der Waals surface area (Å²) in [6, 6.07) is 0. The second-order valence-electron chi connectivity index (χ2n) is 6.02.